The van der Waals surface area contributed by atoms with Crippen LogP contribution in [-0.4, -0.2) is 16.5 Å². The molecule has 0 aliphatic heterocycles. The lowest BCUT2D eigenvalue weighted by atomic mass is 9.43. The predicted octanol–water partition coefficient (Wildman–Crippen LogP) is 4.45. The fourth-order valence-corrected chi connectivity index (χ4v) is 8.11. The van der Waals surface area contributed by atoms with E-state index in [4.69, 9.17) is 4.42 Å². The minimum absolute atomic E-state index is 0.179. The molecule has 4 aliphatic rings. The van der Waals surface area contributed by atoms with E-state index < -0.39 is 5.60 Å². The lowest BCUT2D eigenvalue weighted by Crippen LogP contribution is -2.61. The molecule has 4 heteroatoms. The average molecular weight is 385 g/mol. The number of ketones is 1. The molecule has 4 nitrogen and oxygen atoms in total. The molecule has 4 fully saturated rings. The van der Waals surface area contributed by atoms with Crippen molar-refractivity contribution < 1.29 is 14.3 Å². The molecule has 1 aromatic rings. The van der Waals surface area contributed by atoms with Gasteiger partial charge in [0.2, 0.25) is 0 Å². The summed E-state index contributed by atoms with van der Waals surface area (Å²) in [5.41, 5.74) is 0.1000. The van der Waals surface area contributed by atoms with Gasteiger partial charge < -0.3 is 9.52 Å². The van der Waals surface area contributed by atoms with Crippen molar-refractivity contribution in [3.8, 4) is 0 Å². The number of aliphatic hydroxyl groups is 1. The van der Waals surface area contributed by atoms with E-state index in [1.165, 1.54) is 6.07 Å². The van der Waals surface area contributed by atoms with E-state index in [1.54, 1.807) is 6.26 Å². The summed E-state index contributed by atoms with van der Waals surface area (Å²) in [6.07, 6.45) is 10.1. The standard InChI is InChI=1S/C24H32O4/c1-22-10-7-17(25)13-16(22)4-5-20-19(22)8-11-23(2)18(9-12-24(20,23)27)15-3-6-21(26)28-14-15/h3,6,14,16,18-20,27H,4-5,7-13H2,1-2H3/t16-,18-,19-,20-,22+,23-,24+/m1/s1. The van der Waals surface area contributed by atoms with E-state index in [0.29, 0.717) is 23.5 Å². The molecule has 0 spiro atoms. The monoisotopic (exact) mass is 384 g/mol. The van der Waals surface area contributed by atoms with Gasteiger partial charge in [-0.1, -0.05) is 13.8 Å². The first kappa shape index (κ1) is 18.6. The molecule has 0 amide bonds. The van der Waals surface area contributed by atoms with E-state index in [0.717, 1.165) is 63.4 Å². The molecule has 4 aliphatic carbocycles. The highest BCUT2D eigenvalue weighted by Crippen LogP contribution is 2.70. The predicted molar refractivity (Wildman–Crippen MR) is 106 cm³/mol. The molecule has 1 aromatic heterocycles. The van der Waals surface area contributed by atoms with Gasteiger partial charge in [0.05, 0.1) is 11.9 Å². The van der Waals surface area contributed by atoms with Crippen molar-refractivity contribution in [1.82, 2.24) is 0 Å². The molecule has 28 heavy (non-hydrogen) atoms. The Kier molecular flexibility index (Phi) is 4.01. The number of hydrogen-bond donors (Lipinski definition) is 1. The van der Waals surface area contributed by atoms with Gasteiger partial charge in [0.25, 0.3) is 0 Å². The van der Waals surface area contributed by atoms with Crippen LogP contribution in [0.3, 0.4) is 0 Å². The van der Waals surface area contributed by atoms with Gasteiger partial charge in [0.1, 0.15) is 5.78 Å². The normalized spacial score (nSPS) is 47.9. The Morgan fingerprint density at radius 3 is 2.57 bits per heavy atom. The molecule has 152 valence electrons. The molecule has 1 N–H and O–H groups in total. The van der Waals surface area contributed by atoms with Crippen LogP contribution in [0.15, 0.2) is 27.6 Å². The van der Waals surface area contributed by atoms with E-state index >= 15 is 0 Å². The SMILES string of the molecule is C[C@]12CCC(=O)C[C@H]1CC[C@@H]1[C@H]2CC[C@]2(C)[C@@H](c3ccc(=O)oc3)CC[C@]12O. The van der Waals surface area contributed by atoms with Crippen molar-refractivity contribution in [3.05, 3.63) is 34.4 Å². The van der Waals surface area contributed by atoms with Crippen LogP contribution in [0.4, 0.5) is 0 Å². The number of fused-ring (bicyclic) bond motifs is 5. The van der Waals surface area contributed by atoms with Gasteiger partial charge in [-0.3, -0.25) is 4.79 Å². The molecule has 7 atom stereocenters. The largest absolute Gasteiger partial charge is 0.431 e. The first-order valence-electron chi connectivity index (χ1n) is 11.1. The Morgan fingerprint density at radius 2 is 1.82 bits per heavy atom. The summed E-state index contributed by atoms with van der Waals surface area (Å²) < 4.78 is 5.16. The Bertz CT molecular complexity index is 838. The summed E-state index contributed by atoms with van der Waals surface area (Å²) >= 11 is 0. The van der Waals surface area contributed by atoms with Gasteiger partial charge >= 0.3 is 5.63 Å². The van der Waals surface area contributed by atoms with Gasteiger partial charge in [-0.25, -0.2) is 4.79 Å². The summed E-state index contributed by atoms with van der Waals surface area (Å²) in [5, 5.41) is 12.1. The second-order valence-corrected chi connectivity index (χ2v) is 10.6. The summed E-state index contributed by atoms with van der Waals surface area (Å²) in [7, 11) is 0. The van der Waals surface area contributed by atoms with Crippen molar-refractivity contribution >= 4 is 5.78 Å². The average Bonchev–Trinajstić information content (AvgIpc) is 2.95. The molecule has 0 bridgehead atoms. The van der Waals surface area contributed by atoms with E-state index in [-0.39, 0.29) is 22.4 Å². The number of carbonyl (C=O) groups is 1. The third-order valence-electron chi connectivity index (χ3n) is 9.79. The van der Waals surface area contributed by atoms with Crippen LogP contribution >= 0.6 is 0 Å². The smallest absolute Gasteiger partial charge is 0.335 e. The number of rotatable bonds is 1. The number of hydrogen-bond acceptors (Lipinski definition) is 4. The molecule has 0 unspecified atom stereocenters. The van der Waals surface area contributed by atoms with Crippen molar-refractivity contribution in [2.45, 2.75) is 83.2 Å². The first-order valence-corrected chi connectivity index (χ1v) is 11.1. The maximum atomic E-state index is 12.1. The molecular weight excluding hydrogens is 352 g/mol. The van der Waals surface area contributed by atoms with Crippen LogP contribution in [0.5, 0.6) is 0 Å². The molecule has 0 radical (unpaired) electrons. The molecule has 1 heterocycles. The van der Waals surface area contributed by atoms with Crippen LogP contribution in [0.25, 0.3) is 0 Å². The van der Waals surface area contributed by atoms with Gasteiger partial charge in [0.15, 0.2) is 0 Å². The summed E-state index contributed by atoms with van der Waals surface area (Å²) in [6.45, 7) is 4.68. The molecule has 4 saturated carbocycles. The third-order valence-corrected chi connectivity index (χ3v) is 9.79. The Hall–Kier alpha value is -1.42. The second kappa shape index (κ2) is 6.04. The summed E-state index contributed by atoms with van der Waals surface area (Å²) in [6, 6.07) is 3.40. The first-order chi connectivity index (χ1) is 13.3. The van der Waals surface area contributed by atoms with E-state index in [9.17, 15) is 14.7 Å². The van der Waals surface area contributed by atoms with Crippen LogP contribution in [0.2, 0.25) is 0 Å². The third kappa shape index (κ3) is 2.33. The van der Waals surface area contributed by atoms with Crippen LogP contribution in [0, 0.1) is 28.6 Å². The highest BCUT2D eigenvalue weighted by molar-refractivity contribution is 5.79. The minimum atomic E-state index is -0.661. The Balaban J connectivity index is 1.49. The summed E-state index contributed by atoms with van der Waals surface area (Å²) in [4.78, 5) is 23.5. The zero-order valence-electron chi connectivity index (χ0n) is 17.1. The fraction of sp³-hybridized carbons (Fsp3) is 0.750. The molecule has 0 aromatic carbocycles. The maximum absolute atomic E-state index is 12.1. The topological polar surface area (TPSA) is 67.5 Å². The van der Waals surface area contributed by atoms with Crippen molar-refractivity contribution in [2.24, 2.45) is 28.6 Å². The highest BCUT2D eigenvalue weighted by Gasteiger charge is 2.67. The van der Waals surface area contributed by atoms with Crippen molar-refractivity contribution in [1.29, 1.82) is 0 Å². The summed E-state index contributed by atoms with van der Waals surface area (Å²) in [5.74, 6) is 2.02. The van der Waals surface area contributed by atoms with Gasteiger partial charge in [0, 0.05) is 24.3 Å². The number of Topliss-reactive ketones (excluding diaryl/α,β-unsaturated/α-hetero) is 1. The number of carbonyl (C=O) groups excluding carboxylic acids is 1. The van der Waals surface area contributed by atoms with Crippen molar-refractivity contribution in [3.63, 3.8) is 0 Å². The highest BCUT2D eigenvalue weighted by atomic mass is 16.4. The second-order valence-electron chi connectivity index (χ2n) is 10.6. The molecular formula is C24H32O4. The van der Waals surface area contributed by atoms with Crippen LogP contribution in [-0.2, 0) is 4.79 Å². The Labute approximate surface area is 166 Å². The van der Waals surface area contributed by atoms with Crippen LogP contribution < -0.4 is 5.63 Å². The maximum Gasteiger partial charge on any atom is 0.335 e. The van der Waals surface area contributed by atoms with Gasteiger partial charge in [-0.15, -0.1) is 0 Å². The quantitative estimate of drug-likeness (QED) is 0.777. The Morgan fingerprint density at radius 1 is 1.00 bits per heavy atom. The zero-order chi connectivity index (χ0) is 19.7. The lowest BCUT2D eigenvalue weighted by molar-refractivity contribution is -0.200. The minimum Gasteiger partial charge on any atom is -0.431 e. The van der Waals surface area contributed by atoms with Gasteiger partial charge in [-0.05, 0) is 85.7 Å². The van der Waals surface area contributed by atoms with E-state index in [2.05, 4.69) is 13.8 Å². The molecule has 5 rings (SSSR count). The van der Waals surface area contributed by atoms with Crippen molar-refractivity contribution in [2.75, 3.05) is 0 Å². The molecule has 0 saturated heterocycles. The zero-order valence-corrected chi connectivity index (χ0v) is 17.1. The van der Waals surface area contributed by atoms with Gasteiger partial charge in [-0.2, -0.15) is 0 Å². The van der Waals surface area contributed by atoms with E-state index in [1.807, 2.05) is 6.07 Å². The van der Waals surface area contributed by atoms with Crippen LogP contribution in [0.1, 0.15) is 83.1 Å². The lowest BCUT2D eigenvalue weighted by Gasteiger charge is -2.63. The fourth-order valence-electron chi connectivity index (χ4n) is 8.11.